The molecule has 0 aliphatic carbocycles. The quantitative estimate of drug-likeness (QED) is 0.735. The number of hydrogen-bond donors (Lipinski definition) is 1. The number of benzene rings is 1. The third-order valence-electron chi connectivity index (χ3n) is 3.89. The van der Waals surface area contributed by atoms with Gasteiger partial charge in [0.2, 0.25) is 0 Å². The van der Waals surface area contributed by atoms with E-state index in [1.807, 2.05) is 24.1 Å². The average molecular weight is 369 g/mol. The second kappa shape index (κ2) is 7.09. The first-order chi connectivity index (χ1) is 12.3. The molecule has 134 valence electrons. The standard InChI is InChI=1S/C18H19N5O2S/c1-23(12-13-7-9-20-10-8-13)18-17(19)21-11-16(22-18)14-3-5-15(6-4-14)26(2,24)25/h3-11H,12H2,1-2H3,(H2,19,21). The number of pyridine rings is 1. The van der Waals surface area contributed by atoms with E-state index in [0.29, 0.717) is 23.9 Å². The minimum absolute atomic E-state index is 0.264. The minimum Gasteiger partial charge on any atom is -0.381 e. The fourth-order valence-corrected chi connectivity index (χ4v) is 3.15. The monoisotopic (exact) mass is 369 g/mol. The third kappa shape index (κ3) is 3.97. The minimum atomic E-state index is -3.23. The lowest BCUT2D eigenvalue weighted by Crippen LogP contribution is -2.20. The van der Waals surface area contributed by atoms with Gasteiger partial charge in [0.05, 0.1) is 16.8 Å². The number of anilines is 2. The molecule has 1 aromatic carbocycles. The van der Waals surface area contributed by atoms with Crippen molar-refractivity contribution in [1.29, 1.82) is 0 Å². The Balaban J connectivity index is 1.90. The topological polar surface area (TPSA) is 102 Å². The molecule has 3 aromatic rings. The molecule has 2 aromatic heterocycles. The maximum atomic E-state index is 11.6. The summed E-state index contributed by atoms with van der Waals surface area (Å²) in [6, 6.07) is 10.4. The first-order valence-electron chi connectivity index (χ1n) is 7.87. The highest BCUT2D eigenvalue weighted by Crippen LogP contribution is 2.25. The Hall–Kier alpha value is -3.00. The Morgan fingerprint density at radius 1 is 1.08 bits per heavy atom. The predicted molar refractivity (Wildman–Crippen MR) is 101 cm³/mol. The zero-order valence-corrected chi connectivity index (χ0v) is 15.3. The second-order valence-electron chi connectivity index (χ2n) is 5.97. The molecule has 2 N–H and O–H groups in total. The summed E-state index contributed by atoms with van der Waals surface area (Å²) in [5.74, 6) is 0.893. The smallest absolute Gasteiger partial charge is 0.175 e. The van der Waals surface area contributed by atoms with Crippen LogP contribution in [0.1, 0.15) is 5.56 Å². The summed E-state index contributed by atoms with van der Waals surface area (Å²) in [4.78, 5) is 15.0. The van der Waals surface area contributed by atoms with Crippen LogP contribution >= 0.6 is 0 Å². The molecule has 0 aliphatic heterocycles. The van der Waals surface area contributed by atoms with Crippen molar-refractivity contribution >= 4 is 21.5 Å². The summed E-state index contributed by atoms with van der Waals surface area (Å²) in [5.41, 5.74) is 8.46. The molecule has 0 unspecified atom stereocenters. The van der Waals surface area contributed by atoms with E-state index in [-0.39, 0.29) is 4.90 Å². The van der Waals surface area contributed by atoms with Crippen LogP contribution in [0.2, 0.25) is 0 Å². The van der Waals surface area contributed by atoms with Gasteiger partial charge in [-0.3, -0.25) is 4.98 Å². The van der Waals surface area contributed by atoms with E-state index in [1.165, 1.54) is 6.26 Å². The van der Waals surface area contributed by atoms with Crippen LogP contribution in [0.15, 0.2) is 59.9 Å². The zero-order valence-electron chi connectivity index (χ0n) is 14.5. The van der Waals surface area contributed by atoms with Gasteiger partial charge in [-0.05, 0) is 29.8 Å². The molecule has 3 rings (SSSR count). The summed E-state index contributed by atoms with van der Waals surface area (Å²) < 4.78 is 23.2. The van der Waals surface area contributed by atoms with Crippen LogP contribution in [-0.2, 0) is 16.4 Å². The van der Waals surface area contributed by atoms with Gasteiger partial charge < -0.3 is 10.6 Å². The molecule has 0 radical (unpaired) electrons. The Labute approximate surface area is 152 Å². The van der Waals surface area contributed by atoms with E-state index in [4.69, 9.17) is 5.73 Å². The molecule has 26 heavy (non-hydrogen) atoms. The van der Waals surface area contributed by atoms with Crippen LogP contribution < -0.4 is 10.6 Å². The molecule has 0 spiro atoms. The van der Waals surface area contributed by atoms with E-state index in [9.17, 15) is 8.42 Å². The zero-order chi connectivity index (χ0) is 18.7. The van der Waals surface area contributed by atoms with Crippen LogP contribution in [0.25, 0.3) is 11.3 Å². The molecule has 8 heteroatoms. The van der Waals surface area contributed by atoms with Gasteiger partial charge in [0.15, 0.2) is 21.5 Å². The highest BCUT2D eigenvalue weighted by atomic mass is 32.2. The van der Waals surface area contributed by atoms with Crippen molar-refractivity contribution in [3.63, 3.8) is 0 Å². The summed E-state index contributed by atoms with van der Waals surface area (Å²) in [7, 11) is -1.35. The average Bonchev–Trinajstić information content (AvgIpc) is 2.62. The summed E-state index contributed by atoms with van der Waals surface area (Å²) in [5, 5.41) is 0. The number of nitrogen functional groups attached to an aromatic ring is 1. The van der Waals surface area contributed by atoms with Crippen molar-refractivity contribution in [1.82, 2.24) is 15.0 Å². The van der Waals surface area contributed by atoms with Crippen LogP contribution in [0.4, 0.5) is 11.6 Å². The highest BCUT2D eigenvalue weighted by Gasteiger charge is 2.13. The van der Waals surface area contributed by atoms with Crippen LogP contribution in [0.5, 0.6) is 0 Å². The Bertz CT molecular complexity index is 1010. The van der Waals surface area contributed by atoms with Crippen molar-refractivity contribution in [2.24, 2.45) is 0 Å². The van der Waals surface area contributed by atoms with Crippen LogP contribution in [0.3, 0.4) is 0 Å². The van der Waals surface area contributed by atoms with E-state index in [1.54, 1.807) is 42.9 Å². The molecule has 0 fully saturated rings. The molecule has 0 amide bonds. The Morgan fingerprint density at radius 3 is 2.35 bits per heavy atom. The number of hydrogen-bond acceptors (Lipinski definition) is 7. The summed E-state index contributed by atoms with van der Waals surface area (Å²) in [6.07, 6.45) is 6.22. The summed E-state index contributed by atoms with van der Waals surface area (Å²) in [6.45, 7) is 0.609. The lowest BCUT2D eigenvalue weighted by atomic mass is 10.1. The maximum absolute atomic E-state index is 11.6. The normalized spacial score (nSPS) is 11.3. The molecule has 7 nitrogen and oxygen atoms in total. The number of rotatable bonds is 5. The fraction of sp³-hybridized carbons (Fsp3) is 0.167. The first kappa shape index (κ1) is 17.8. The largest absolute Gasteiger partial charge is 0.381 e. The SMILES string of the molecule is CN(Cc1ccncc1)c1nc(-c2ccc(S(C)(=O)=O)cc2)cnc1N. The van der Waals surface area contributed by atoms with Gasteiger partial charge in [0.25, 0.3) is 0 Å². The van der Waals surface area contributed by atoms with E-state index < -0.39 is 9.84 Å². The van der Waals surface area contributed by atoms with E-state index in [2.05, 4.69) is 15.0 Å². The molecular weight excluding hydrogens is 350 g/mol. The Morgan fingerprint density at radius 2 is 1.73 bits per heavy atom. The van der Waals surface area contributed by atoms with Gasteiger partial charge in [-0.1, -0.05) is 12.1 Å². The fourth-order valence-electron chi connectivity index (χ4n) is 2.52. The molecule has 2 heterocycles. The molecule has 0 saturated heterocycles. The number of aromatic nitrogens is 3. The van der Waals surface area contributed by atoms with Gasteiger partial charge in [0, 0.05) is 37.8 Å². The molecule has 0 aliphatic rings. The van der Waals surface area contributed by atoms with Gasteiger partial charge in [-0.25, -0.2) is 18.4 Å². The molecule has 0 saturated carbocycles. The van der Waals surface area contributed by atoms with Crippen molar-refractivity contribution in [3.05, 3.63) is 60.6 Å². The van der Waals surface area contributed by atoms with Crippen LogP contribution in [0, 0.1) is 0 Å². The second-order valence-corrected chi connectivity index (χ2v) is 7.99. The predicted octanol–water partition coefficient (Wildman–Crippen LogP) is 2.16. The van der Waals surface area contributed by atoms with Crippen molar-refractivity contribution in [3.8, 4) is 11.3 Å². The van der Waals surface area contributed by atoms with Crippen molar-refractivity contribution in [2.45, 2.75) is 11.4 Å². The number of sulfone groups is 1. The van der Waals surface area contributed by atoms with E-state index >= 15 is 0 Å². The van der Waals surface area contributed by atoms with Crippen LogP contribution in [-0.4, -0.2) is 36.7 Å². The van der Waals surface area contributed by atoms with Gasteiger partial charge in [-0.15, -0.1) is 0 Å². The lowest BCUT2D eigenvalue weighted by Gasteiger charge is -2.20. The van der Waals surface area contributed by atoms with Crippen molar-refractivity contribution < 1.29 is 8.42 Å². The van der Waals surface area contributed by atoms with Gasteiger partial charge in [-0.2, -0.15) is 0 Å². The highest BCUT2D eigenvalue weighted by molar-refractivity contribution is 7.90. The first-order valence-corrected chi connectivity index (χ1v) is 9.77. The van der Waals surface area contributed by atoms with Crippen molar-refractivity contribution in [2.75, 3.05) is 23.9 Å². The summed E-state index contributed by atoms with van der Waals surface area (Å²) >= 11 is 0. The maximum Gasteiger partial charge on any atom is 0.175 e. The van der Waals surface area contributed by atoms with E-state index in [0.717, 1.165) is 11.1 Å². The van der Waals surface area contributed by atoms with Gasteiger partial charge in [0.1, 0.15) is 0 Å². The molecule has 0 atom stereocenters. The lowest BCUT2D eigenvalue weighted by molar-refractivity contribution is 0.602. The number of nitrogens with two attached hydrogens (primary N) is 1. The number of nitrogens with zero attached hydrogens (tertiary/aromatic N) is 4. The Kier molecular flexibility index (Phi) is 4.85. The van der Waals surface area contributed by atoms with Gasteiger partial charge >= 0.3 is 0 Å². The molecule has 0 bridgehead atoms. The molecular formula is C18H19N5O2S. The third-order valence-corrected chi connectivity index (χ3v) is 5.02.